The number of methoxy groups -OCH3 is 2. The number of benzene rings is 2. The summed E-state index contributed by atoms with van der Waals surface area (Å²) in [5.74, 6) is 0.165. The minimum atomic E-state index is -0.840. The van der Waals surface area contributed by atoms with Crippen LogP contribution in [0, 0.1) is 5.41 Å². The van der Waals surface area contributed by atoms with Crippen LogP contribution in [0.1, 0.15) is 68.0 Å². The number of carbonyl (C=O) groups is 2. The first-order valence-corrected chi connectivity index (χ1v) is 14.9. The quantitative estimate of drug-likeness (QED) is 0.261. The molecule has 1 N–H and O–H groups in total. The van der Waals surface area contributed by atoms with E-state index in [4.69, 9.17) is 30.9 Å². The normalized spacial score (nSPS) is 17.2. The lowest BCUT2D eigenvalue weighted by atomic mass is 9.94. The number of amides is 1. The highest BCUT2D eigenvalue weighted by Crippen LogP contribution is 2.45. The number of carboxylic acids is 1. The van der Waals surface area contributed by atoms with Crippen LogP contribution in [0.4, 0.5) is 5.69 Å². The van der Waals surface area contributed by atoms with Crippen LogP contribution in [0.2, 0.25) is 5.02 Å². The second kappa shape index (κ2) is 13.2. The van der Waals surface area contributed by atoms with E-state index in [1.54, 1.807) is 20.3 Å². The van der Waals surface area contributed by atoms with E-state index in [0.29, 0.717) is 48.7 Å². The van der Waals surface area contributed by atoms with Crippen molar-refractivity contribution in [2.75, 3.05) is 25.7 Å². The Balaban J connectivity index is 1.68. The van der Waals surface area contributed by atoms with Gasteiger partial charge in [0.2, 0.25) is 0 Å². The van der Waals surface area contributed by atoms with Crippen molar-refractivity contribution in [3.63, 3.8) is 0 Å². The number of hydrogen-bond donors (Lipinski definition) is 1. The average Bonchev–Trinajstić information content (AvgIpc) is 3.35. The molecule has 0 aliphatic carbocycles. The zero-order valence-electron chi connectivity index (χ0n) is 24.1. The summed E-state index contributed by atoms with van der Waals surface area (Å²) in [7, 11) is 3.17. The van der Waals surface area contributed by atoms with Crippen LogP contribution in [0.25, 0.3) is 0 Å². The number of aliphatic carboxylic acids is 1. The van der Waals surface area contributed by atoms with E-state index in [1.165, 1.54) is 11.3 Å². The number of fused-ring (bicyclic) bond motifs is 1. The van der Waals surface area contributed by atoms with Gasteiger partial charge in [-0.15, -0.1) is 11.3 Å². The van der Waals surface area contributed by atoms with Crippen molar-refractivity contribution in [2.45, 2.75) is 65.1 Å². The zero-order chi connectivity index (χ0) is 29.7. The molecule has 0 saturated heterocycles. The molecule has 1 amide bonds. The Morgan fingerprint density at radius 2 is 1.93 bits per heavy atom. The van der Waals surface area contributed by atoms with E-state index in [9.17, 15) is 9.59 Å². The van der Waals surface area contributed by atoms with Gasteiger partial charge in [-0.05, 0) is 48.9 Å². The smallest absolute Gasteiger partial charge is 0.303 e. The van der Waals surface area contributed by atoms with Crippen molar-refractivity contribution in [2.24, 2.45) is 5.41 Å². The van der Waals surface area contributed by atoms with Gasteiger partial charge in [-0.1, -0.05) is 44.5 Å². The summed E-state index contributed by atoms with van der Waals surface area (Å²) in [4.78, 5) is 31.5. The third-order valence-corrected chi connectivity index (χ3v) is 8.00. The number of rotatable bonds is 11. The minimum Gasteiger partial charge on any atom is -0.493 e. The van der Waals surface area contributed by atoms with Crippen LogP contribution in [-0.2, 0) is 27.2 Å². The highest BCUT2D eigenvalue weighted by atomic mass is 35.5. The molecule has 1 unspecified atom stereocenters. The predicted molar refractivity (Wildman–Crippen MR) is 161 cm³/mol. The summed E-state index contributed by atoms with van der Waals surface area (Å²) in [5, 5.41) is 12.3. The summed E-state index contributed by atoms with van der Waals surface area (Å²) in [6, 6.07) is 11.2. The van der Waals surface area contributed by atoms with E-state index in [0.717, 1.165) is 27.5 Å². The Bertz CT molecular complexity index is 1390. The van der Waals surface area contributed by atoms with Gasteiger partial charge in [0.1, 0.15) is 12.2 Å². The van der Waals surface area contributed by atoms with Crippen molar-refractivity contribution < 1.29 is 28.9 Å². The summed E-state index contributed by atoms with van der Waals surface area (Å²) < 4.78 is 18.1. The topological polar surface area (TPSA) is 98.2 Å². The van der Waals surface area contributed by atoms with Crippen molar-refractivity contribution in [1.29, 1.82) is 0 Å². The molecule has 0 radical (unpaired) electrons. The fourth-order valence-corrected chi connectivity index (χ4v) is 6.07. The van der Waals surface area contributed by atoms with Crippen LogP contribution in [0.15, 0.2) is 41.8 Å². The van der Waals surface area contributed by atoms with E-state index < -0.39 is 18.2 Å². The maximum absolute atomic E-state index is 14.2. The lowest BCUT2D eigenvalue weighted by Gasteiger charge is -2.31. The van der Waals surface area contributed by atoms with Gasteiger partial charge in [-0.25, -0.2) is 4.98 Å². The maximum Gasteiger partial charge on any atom is 0.303 e. The average molecular weight is 601 g/mol. The second-order valence-electron chi connectivity index (χ2n) is 11.3. The zero-order valence-corrected chi connectivity index (χ0v) is 25.7. The second-order valence-corrected chi connectivity index (χ2v) is 12.7. The molecule has 3 aromatic rings. The van der Waals surface area contributed by atoms with Crippen LogP contribution in [0.5, 0.6) is 11.5 Å². The summed E-state index contributed by atoms with van der Waals surface area (Å²) in [6.07, 6.45) is 0.917. The Labute approximate surface area is 250 Å². The molecule has 1 aliphatic heterocycles. The highest BCUT2D eigenvalue weighted by Gasteiger charge is 2.39. The molecule has 4 rings (SSSR count). The summed E-state index contributed by atoms with van der Waals surface area (Å²) in [6.45, 7) is 6.80. The van der Waals surface area contributed by atoms with Gasteiger partial charge < -0.3 is 24.2 Å². The van der Waals surface area contributed by atoms with Crippen LogP contribution >= 0.6 is 22.9 Å². The number of hydrogen-bond acceptors (Lipinski definition) is 7. The monoisotopic (exact) mass is 600 g/mol. The van der Waals surface area contributed by atoms with Gasteiger partial charge >= 0.3 is 5.97 Å². The lowest BCUT2D eigenvalue weighted by molar-refractivity contribution is -0.137. The molecule has 0 bridgehead atoms. The molecule has 1 aliphatic rings. The third kappa shape index (κ3) is 7.58. The van der Waals surface area contributed by atoms with Crippen molar-refractivity contribution in [3.05, 3.63) is 68.6 Å². The number of anilines is 1. The molecular formula is C31H37ClN2O6S. The van der Waals surface area contributed by atoms with Gasteiger partial charge in [-0.2, -0.15) is 0 Å². The molecule has 2 atom stereocenters. The van der Waals surface area contributed by atoms with E-state index in [2.05, 4.69) is 25.8 Å². The third-order valence-electron chi connectivity index (χ3n) is 6.80. The van der Waals surface area contributed by atoms with Gasteiger partial charge in [-0.3, -0.25) is 9.59 Å². The van der Waals surface area contributed by atoms with Crippen LogP contribution in [0.3, 0.4) is 0 Å². The Morgan fingerprint density at radius 3 is 2.61 bits per heavy atom. The first-order chi connectivity index (χ1) is 19.5. The number of nitrogens with zero attached hydrogens (tertiary/aromatic N) is 2. The lowest BCUT2D eigenvalue weighted by Crippen LogP contribution is -2.43. The first kappa shape index (κ1) is 30.8. The van der Waals surface area contributed by atoms with Gasteiger partial charge in [0, 0.05) is 40.2 Å². The fourth-order valence-electron chi connectivity index (χ4n) is 5.01. The standard InChI is InChI=1S/C31H37ClN2O6S/c1-31(2,3)18-34-23-14-12-19(32)16-22(23)28(21-8-6-9-24(38-4)29(21)39-5)40-25(30(34)37)10-7-11-26-33-20(17-41-26)13-15-27(35)36/h6,8-9,12,14,16-17,25,28H,7,10-11,13,15,18H2,1-5H3,(H,35,36)/t25?,28-/m1/s1. The predicted octanol–water partition coefficient (Wildman–Crippen LogP) is 6.72. The number of aromatic nitrogens is 1. The number of ether oxygens (including phenoxy) is 3. The molecule has 1 aromatic heterocycles. The number of thiazole rings is 1. The van der Waals surface area contributed by atoms with Crippen molar-refractivity contribution in [1.82, 2.24) is 4.98 Å². The minimum absolute atomic E-state index is 0.0525. The Hall–Kier alpha value is -3.14. The number of aryl methyl sites for hydroxylation is 2. The van der Waals surface area contributed by atoms with Gasteiger partial charge in [0.05, 0.1) is 31.3 Å². The molecule has 8 nitrogen and oxygen atoms in total. The van der Waals surface area contributed by atoms with E-state index >= 15 is 0 Å². The number of halogens is 1. The number of carboxylic acid groups (broad SMARTS) is 1. The largest absolute Gasteiger partial charge is 0.493 e. The SMILES string of the molecule is COc1cccc([C@H]2OC(CCCc3nc(CCC(=O)O)cs3)C(=O)N(CC(C)(C)C)c3ccc(Cl)cc32)c1OC. The van der Waals surface area contributed by atoms with Crippen molar-refractivity contribution >= 4 is 40.5 Å². The van der Waals surface area contributed by atoms with Crippen LogP contribution < -0.4 is 14.4 Å². The Morgan fingerprint density at radius 1 is 1.15 bits per heavy atom. The fraction of sp³-hybridized carbons (Fsp3) is 0.452. The number of carbonyl (C=O) groups excluding carboxylic acids is 1. The van der Waals surface area contributed by atoms with E-state index in [-0.39, 0.29) is 17.7 Å². The molecule has 0 fully saturated rings. The summed E-state index contributed by atoms with van der Waals surface area (Å²) >= 11 is 8.02. The van der Waals surface area contributed by atoms with Gasteiger partial charge in [0.25, 0.3) is 5.91 Å². The first-order valence-electron chi connectivity index (χ1n) is 13.6. The van der Waals surface area contributed by atoms with Crippen LogP contribution in [-0.4, -0.2) is 48.8 Å². The molecule has 10 heteroatoms. The Kier molecular flexibility index (Phi) is 9.94. The molecule has 2 aromatic carbocycles. The van der Waals surface area contributed by atoms with Gasteiger partial charge in [0.15, 0.2) is 11.5 Å². The molecule has 41 heavy (non-hydrogen) atoms. The summed E-state index contributed by atoms with van der Waals surface area (Å²) in [5.41, 5.74) is 2.90. The highest BCUT2D eigenvalue weighted by molar-refractivity contribution is 7.09. The van der Waals surface area contributed by atoms with Crippen molar-refractivity contribution in [3.8, 4) is 11.5 Å². The van der Waals surface area contributed by atoms with E-state index in [1.807, 2.05) is 40.6 Å². The molecular weight excluding hydrogens is 564 g/mol. The molecule has 220 valence electrons. The molecule has 0 spiro atoms. The molecule has 0 saturated carbocycles. The molecule has 2 heterocycles. The number of para-hydroxylation sites is 1. The maximum atomic E-state index is 14.2.